The van der Waals surface area contributed by atoms with Crippen LogP contribution in [-0.2, 0) is 19.1 Å². The molecule has 4 saturated carbocycles. The van der Waals surface area contributed by atoms with Crippen LogP contribution in [0.4, 0.5) is 0 Å². The zero-order valence-electron chi connectivity index (χ0n) is 47.1. The Balaban J connectivity index is 1.26. The monoisotopic (exact) mass is 1070 g/mol. The van der Waals surface area contributed by atoms with Gasteiger partial charge in [0.1, 0.15) is 12.1 Å². The summed E-state index contributed by atoms with van der Waals surface area (Å²) >= 11 is 0. The number of ketones is 2. The fraction of sp³-hybridized carbons (Fsp3) is 0.774. The number of aliphatic imine (C=N–C) groups is 1. The number of hydrogen-bond donors (Lipinski definition) is 10. The van der Waals surface area contributed by atoms with Crippen LogP contribution in [-0.4, -0.2) is 114 Å². The number of carbonyl (C=O) groups excluding carboxylic acids is 3. The predicted molar refractivity (Wildman–Crippen MR) is 294 cm³/mol. The minimum absolute atomic E-state index is 0.0125. The number of ether oxygens (including phenoxy) is 1. The van der Waals surface area contributed by atoms with E-state index in [1.165, 1.54) is 12.5 Å². The predicted octanol–water partition coefficient (Wildman–Crippen LogP) is 6.49. The summed E-state index contributed by atoms with van der Waals surface area (Å²) < 4.78 is 6.29. The Labute approximate surface area is 457 Å². The van der Waals surface area contributed by atoms with Crippen LogP contribution >= 0.6 is 0 Å². The highest BCUT2D eigenvalue weighted by Crippen LogP contribution is 2.74. The second kappa shape index (κ2) is 22.1. The number of nitrogens with zero attached hydrogens (tertiary/aromatic N) is 1. The lowest BCUT2D eigenvalue weighted by molar-refractivity contribution is -0.201. The van der Waals surface area contributed by atoms with E-state index >= 15 is 4.79 Å². The molecule has 0 radical (unpaired) electrons. The number of guanidine groups is 1. The zero-order valence-corrected chi connectivity index (χ0v) is 47.1. The van der Waals surface area contributed by atoms with Gasteiger partial charge in [0.05, 0.1) is 47.7 Å². The molecule has 5 fully saturated rings. The van der Waals surface area contributed by atoms with Gasteiger partial charge in [0, 0.05) is 53.9 Å². The Morgan fingerprint density at radius 3 is 2.43 bits per heavy atom. The molecule has 15 nitrogen and oxygen atoms in total. The van der Waals surface area contributed by atoms with E-state index in [0.717, 1.165) is 50.5 Å². The van der Waals surface area contributed by atoms with Gasteiger partial charge < -0.3 is 57.1 Å². The topological polar surface area (TPSA) is 274 Å². The number of allylic oxidation sites excluding steroid dienone is 3. The first kappa shape index (κ1) is 57.6. The number of cyclic esters (lactones) is 1. The van der Waals surface area contributed by atoms with E-state index < -0.39 is 87.9 Å². The highest BCUT2D eigenvalue weighted by Gasteiger charge is 2.76. The molecule has 0 amide bonds. The molecular weight excluding hydrogens is 975 g/mol. The van der Waals surface area contributed by atoms with Gasteiger partial charge in [-0.05, 0) is 168 Å². The number of nitrogens with two attached hydrogens (primary N) is 2. The molecule has 7 aliphatic carbocycles. The van der Waals surface area contributed by atoms with E-state index in [1.54, 1.807) is 6.92 Å². The number of nitrogens with one attached hydrogen (secondary N) is 2. The molecule has 426 valence electrons. The second-order valence-corrected chi connectivity index (χ2v) is 26.4. The largest absolute Gasteiger partial charge is 0.462 e. The fourth-order valence-electron chi connectivity index (χ4n) is 18.6. The summed E-state index contributed by atoms with van der Waals surface area (Å²) in [7, 11) is 0. The number of aliphatic hydroxyl groups excluding tert-OH is 4. The molecule has 21 unspecified atom stereocenters. The molecule has 15 heteroatoms. The number of unbranched alkanes of at least 4 members (excludes halogenated alkanes) is 2. The number of carbonyl (C=O) groups is 3. The van der Waals surface area contributed by atoms with Crippen LogP contribution in [0, 0.1) is 87.3 Å². The van der Waals surface area contributed by atoms with Crippen LogP contribution in [0.2, 0.25) is 0 Å². The maximum atomic E-state index is 16.2. The van der Waals surface area contributed by atoms with E-state index in [0.29, 0.717) is 49.5 Å². The summed E-state index contributed by atoms with van der Waals surface area (Å²) in [6, 6.07) is 0.759. The van der Waals surface area contributed by atoms with Crippen LogP contribution in [0.25, 0.3) is 0 Å². The lowest BCUT2D eigenvalue weighted by Gasteiger charge is -2.66. The third-order valence-electron chi connectivity index (χ3n) is 22.4. The number of fused-ring (bicyclic) bond motifs is 10. The molecule has 8 aliphatic rings. The van der Waals surface area contributed by atoms with Crippen molar-refractivity contribution in [1.82, 2.24) is 10.3 Å². The van der Waals surface area contributed by atoms with Gasteiger partial charge in [-0.2, -0.15) is 0 Å². The normalized spacial score (nSPS) is 44.1. The number of esters is 1. The van der Waals surface area contributed by atoms with E-state index in [2.05, 4.69) is 60.9 Å². The molecule has 1 saturated heterocycles. The minimum atomic E-state index is -1.92. The first-order valence-corrected chi connectivity index (χ1v) is 29.8. The van der Waals surface area contributed by atoms with Gasteiger partial charge in [-0.1, -0.05) is 71.5 Å². The number of aromatic nitrogens is 1. The van der Waals surface area contributed by atoms with Crippen LogP contribution in [0.5, 0.6) is 0 Å². The summed E-state index contributed by atoms with van der Waals surface area (Å²) in [6.45, 7) is 13.2. The van der Waals surface area contributed by atoms with Crippen LogP contribution in [0.3, 0.4) is 0 Å². The smallest absolute Gasteiger partial charge is 0.314 e. The molecule has 0 aromatic carbocycles. The quantitative estimate of drug-likeness (QED) is 0.0239. The van der Waals surface area contributed by atoms with Crippen molar-refractivity contribution < 1.29 is 49.8 Å². The van der Waals surface area contributed by atoms with Gasteiger partial charge in [0.25, 0.3) is 0 Å². The van der Waals surface area contributed by atoms with Crippen LogP contribution in [0.15, 0.2) is 46.4 Å². The molecule has 1 aromatic heterocycles. The summed E-state index contributed by atoms with van der Waals surface area (Å²) in [4.78, 5) is 51.4. The molecule has 77 heavy (non-hydrogen) atoms. The summed E-state index contributed by atoms with van der Waals surface area (Å²) in [5.74, 6) is 4.47. The van der Waals surface area contributed by atoms with Crippen molar-refractivity contribution in [2.75, 3.05) is 13.2 Å². The molecule has 0 spiro atoms. The van der Waals surface area contributed by atoms with Gasteiger partial charge in [-0.15, -0.1) is 5.92 Å². The van der Waals surface area contributed by atoms with Crippen molar-refractivity contribution in [2.45, 2.75) is 212 Å². The molecule has 9 rings (SSSR count). The summed E-state index contributed by atoms with van der Waals surface area (Å²) in [5, 5.41) is 78.7. The standard InChI is InChI=1S/C62H93N5O10/c1-8-10-11-21-61-31-47(71)46(70)30-58(61,6)44-19-22-60(23-25-66-57(63)64)54-39(29-62(60,76)52(44)53(55(61)73)67-45(33-68)36(5)69)14-12-13-38(50-48(9-2)77-56(74)51(50)40-20-24-65-32-40)28-43-41(35(4)27-49(72)59(54,7)75)18-17-37-16-15-34(3)26-42(37)43/h17,20,24,32,34-35,38-39,41-51,54,65,67-68,70-72,75-76H,8-11,14-16,18-19,21-23,25-31,33H2,1-7H3,(H4,63,64,66). The number of hydrogen-bond acceptors (Lipinski definition) is 12. The van der Waals surface area contributed by atoms with Crippen LogP contribution in [0.1, 0.15) is 176 Å². The Bertz CT molecular complexity index is 2510. The molecule has 2 heterocycles. The number of Topliss-reactive ketones (excluding diaryl/α,β-unsaturated/α-hetero) is 2. The van der Waals surface area contributed by atoms with Crippen molar-refractivity contribution in [2.24, 2.45) is 91.9 Å². The van der Waals surface area contributed by atoms with Gasteiger partial charge in [-0.25, -0.2) is 0 Å². The number of H-pyrrole nitrogens is 1. The maximum absolute atomic E-state index is 16.2. The molecule has 1 aromatic rings. The van der Waals surface area contributed by atoms with E-state index in [4.69, 9.17) is 16.2 Å². The average Bonchev–Trinajstić information content (AvgIpc) is 4.33. The van der Waals surface area contributed by atoms with Crippen molar-refractivity contribution in [3.63, 3.8) is 0 Å². The SMILES string of the molecule is CCCCCC12CC(O)C(O)CC1(C)C1CCC3(CCN=C(N)N)C4C(CC#CC(C5C(CC)OC(=O)C5c5cc[nH]c5)CC5C6CC(C)CCC6=CCC5C(C)CC(O)C4(C)O)CC3(O)C1=C(NC(CO)C(C)=O)C2=O. The molecular formula is C62H93N5O10. The zero-order chi connectivity index (χ0) is 55.6. The van der Waals surface area contributed by atoms with Gasteiger partial charge in [0.15, 0.2) is 17.5 Å². The highest BCUT2D eigenvalue weighted by atomic mass is 16.6. The average molecular weight is 1070 g/mol. The van der Waals surface area contributed by atoms with E-state index in [9.17, 15) is 40.2 Å². The lowest BCUT2D eigenvalue weighted by Crippen LogP contribution is -2.69. The Hall–Kier alpha value is -4.04. The third-order valence-corrected chi connectivity index (χ3v) is 22.4. The van der Waals surface area contributed by atoms with Crippen molar-refractivity contribution in [3.8, 4) is 11.8 Å². The van der Waals surface area contributed by atoms with Gasteiger partial charge in [0.2, 0.25) is 0 Å². The van der Waals surface area contributed by atoms with Gasteiger partial charge >= 0.3 is 5.97 Å². The van der Waals surface area contributed by atoms with Crippen molar-refractivity contribution >= 4 is 23.5 Å². The van der Waals surface area contributed by atoms with Gasteiger partial charge in [-0.3, -0.25) is 19.4 Å². The van der Waals surface area contributed by atoms with Crippen molar-refractivity contribution in [3.05, 3.63) is 46.9 Å². The molecule has 21 atom stereocenters. The van der Waals surface area contributed by atoms with Crippen molar-refractivity contribution in [1.29, 1.82) is 0 Å². The number of aromatic amines is 1. The Morgan fingerprint density at radius 2 is 1.75 bits per heavy atom. The first-order chi connectivity index (χ1) is 36.5. The summed E-state index contributed by atoms with van der Waals surface area (Å²) in [5.41, 5.74) is 7.65. The van der Waals surface area contributed by atoms with E-state index in [1.807, 2.05) is 25.4 Å². The number of aliphatic hydroxyl groups is 6. The Kier molecular flexibility index (Phi) is 16.6. The second-order valence-electron chi connectivity index (χ2n) is 26.4. The fourth-order valence-corrected chi connectivity index (χ4v) is 18.6. The maximum Gasteiger partial charge on any atom is 0.314 e. The number of rotatable bonds is 14. The molecule has 12 N–H and O–H groups in total. The molecule has 1 aliphatic heterocycles. The summed E-state index contributed by atoms with van der Waals surface area (Å²) in [6.07, 6.45) is 11.9. The lowest BCUT2D eigenvalue weighted by atomic mass is 9.39. The molecule has 0 bridgehead atoms. The Morgan fingerprint density at radius 1 is 1.00 bits per heavy atom. The third kappa shape index (κ3) is 9.66. The highest BCUT2D eigenvalue weighted by molar-refractivity contribution is 6.03. The van der Waals surface area contributed by atoms with E-state index in [-0.39, 0.29) is 104 Å². The first-order valence-electron chi connectivity index (χ1n) is 29.8. The van der Waals surface area contributed by atoms with Crippen LogP contribution < -0.4 is 16.8 Å². The minimum Gasteiger partial charge on any atom is -0.462 e.